The van der Waals surface area contributed by atoms with Crippen molar-refractivity contribution in [3.8, 4) is 0 Å². The van der Waals surface area contributed by atoms with E-state index in [-0.39, 0.29) is 17.2 Å². The standard InChI is InChI=1S/C13H11NO5S3/c15-10(16)4-3-8(12(18)19)14-11(17)9(22-13(14)20)6-7-2-1-5-21-7/h1-2,5-6,8H,3-4H2,(H,15,16)(H,18,19). The van der Waals surface area contributed by atoms with Crippen molar-refractivity contribution in [1.29, 1.82) is 0 Å². The molecular formula is C13H11NO5S3. The van der Waals surface area contributed by atoms with Crippen LogP contribution in [0.1, 0.15) is 17.7 Å². The summed E-state index contributed by atoms with van der Waals surface area (Å²) in [6, 6.07) is 2.40. The molecule has 0 spiro atoms. The monoisotopic (exact) mass is 357 g/mol. The summed E-state index contributed by atoms with van der Waals surface area (Å²) >= 11 is 7.56. The molecule has 22 heavy (non-hydrogen) atoms. The lowest BCUT2D eigenvalue weighted by Gasteiger charge is -2.22. The summed E-state index contributed by atoms with van der Waals surface area (Å²) in [7, 11) is 0. The van der Waals surface area contributed by atoms with Gasteiger partial charge in [0.25, 0.3) is 5.91 Å². The number of nitrogens with zero attached hydrogens (tertiary/aromatic N) is 1. The molecule has 0 aliphatic carbocycles. The summed E-state index contributed by atoms with van der Waals surface area (Å²) in [6.07, 6.45) is 1.11. The Morgan fingerprint density at radius 1 is 1.41 bits per heavy atom. The Kier molecular flexibility index (Phi) is 5.33. The summed E-state index contributed by atoms with van der Waals surface area (Å²) in [4.78, 5) is 36.5. The Balaban J connectivity index is 2.22. The first kappa shape index (κ1) is 16.7. The third-order valence-corrected chi connectivity index (χ3v) is 5.02. The van der Waals surface area contributed by atoms with Crippen LogP contribution < -0.4 is 0 Å². The molecule has 116 valence electrons. The summed E-state index contributed by atoms with van der Waals surface area (Å²) in [5, 5.41) is 19.8. The summed E-state index contributed by atoms with van der Waals surface area (Å²) in [5.74, 6) is -2.89. The maximum absolute atomic E-state index is 12.4. The molecule has 1 saturated heterocycles. The molecule has 1 fully saturated rings. The van der Waals surface area contributed by atoms with Crippen LogP contribution in [0.2, 0.25) is 0 Å². The zero-order valence-electron chi connectivity index (χ0n) is 11.1. The third-order valence-electron chi connectivity index (χ3n) is 2.87. The molecule has 1 unspecified atom stereocenters. The fraction of sp³-hybridized carbons (Fsp3) is 0.231. The maximum Gasteiger partial charge on any atom is 0.326 e. The molecule has 2 heterocycles. The zero-order chi connectivity index (χ0) is 16.3. The minimum atomic E-state index is -1.27. The minimum absolute atomic E-state index is 0.130. The van der Waals surface area contributed by atoms with Crippen LogP contribution in [0.5, 0.6) is 0 Å². The van der Waals surface area contributed by atoms with Gasteiger partial charge in [0, 0.05) is 11.3 Å². The highest BCUT2D eigenvalue weighted by Gasteiger charge is 2.40. The van der Waals surface area contributed by atoms with E-state index in [2.05, 4.69) is 0 Å². The molecule has 6 nitrogen and oxygen atoms in total. The number of hydrogen-bond donors (Lipinski definition) is 2. The Morgan fingerprint density at radius 2 is 2.14 bits per heavy atom. The minimum Gasteiger partial charge on any atom is -0.481 e. The van der Waals surface area contributed by atoms with Gasteiger partial charge in [0.05, 0.1) is 4.91 Å². The average molecular weight is 357 g/mol. The topological polar surface area (TPSA) is 94.9 Å². The first-order valence-corrected chi connectivity index (χ1v) is 8.25. The molecule has 0 saturated carbocycles. The van der Waals surface area contributed by atoms with Crippen LogP contribution >= 0.6 is 35.3 Å². The third kappa shape index (κ3) is 3.73. The Morgan fingerprint density at radius 3 is 2.68 bits per heavy atom. The van der Waals surface area contributed by atoms with E-state index in [1.807, 2.05) is 17.5 Å². The van der Waals surface area contributed by atoms with Crippen LogP contribution in [-0.2, 0) is 14.4 Å². The lowest BCUT2D eigenvalue weighted by molar-refractivity contribution is -0.146. The number of carbonyl (C=O) groups excluding carboxylic acids is 1. The highest BCUT2D eigenvalue weighted by atomic mass is 32.2. The van der Waals surface area contributed by atoms with Gasteiger partial charge in [0.2, 0.25) is 0 Å². The van der Waals surface area contributed by atoms with Crippen molar-refractivity contribution in [2.75, 3.05) is 0 Å². The number of carboxylic acid groups (broad SMARTS) is 2. The highest BCUT2D eigenvalue weighted by molar-refractivity contribution is 8.26. The molecule has 0 bridgehead atoms. The number of aliphatic carboxylic acids is 2. The van der Waals surface area contributed by atoms with Crippen LogP contribution in [0.3, 0.4) is 0 Å². The van der Waals surface area contributed by atoms with Gasteiger partial charge in [0.1, 0.15) is 10.4 Å². The van der Waals surface area contributed by atoms with Crippen molar-refractivity contribution in [3.63, 3.8) is 0 Å². The van der Waals surface area contributed by atoms with Gasteiger partial charge in [-0.15, -0.1) is 11.3 Å². The Bertz CT molecular complexity index is 653. The summed E-state index contributed by atoms with van der Waals surface area (Å²) in [5.41, 5.74) is 0. The van der Waals surface area contributed by atoms with E-state index in [0.29, 0.717) is 4.91 Å². The van der Waals surface area contributed by atoms with Gasteiger partial charge in [-0.05, 0) is 23.9 Å². The number of hydrogen-bond acceptors (Lipinski definition) is 6. The molecule has 0 radical (unpaired) electrons. The molecule has 1 aliphatic heterocycles. The van der Waals surface area contributed by atoms with Crippen LogP contribution in [0, 0.1) is 0 Å². The number of carbonyl (C=O) groups is 3. The average Bonchev–Trinajstić information content (AvgIpc) is 3.02. The predicted octanol–water partition coefficient (Wildman–Crippen LogP) is 2.27. The van der Waals surface area contributed by atoms with E-state index < -0.39 is 23.9 Å². The summed E-state index contributed by atoms with van der Waals surface area (Å²) in [6.45, 7) is 0. The second-order valence-corrected chi connectivity index (χ2v) is 7.01. The molecule has 1 aromatic heterocycles. The van der Waals surface area contributed by atoms with Crippen molar-refractivity contribution >= 4 is 63.6 Å². The van der Waals surface area contributed by atoms with Crippen LogP contribution in [-0.4, -0.2) is 43.3 Å². The number of rotatable bonds is 6. The van der Waals surface area contributed by atoms with E-state index in [1.54, 1.807) is 6.08 Å². The molecule has 1 amide bonds. The van der Waals surface area contributed by atoms with Crippen molar-refractivity contribution in [3.05, 3.63) is 27.3 Å². The normalized spacial score (nSPS) is 18.0. The van der Waals surface area contributed by atoms with Crippen molar-refractivity contribution in [1.82, 2.24) is 4.90 Å². The van der Waals surface area contributed by atoms with Gasteiger partial charge in [-0.3, -0.25) is 14.5 Å². The lowest BCUT2D eigenvalue weighted by atomic mass is 10.1. The van der Waals surface area contributed by atoms with E-state index >= 15 is 0 Å². The van der Waals surface area contributed by atoms with Crippen LogP contribution in [0.4, 0.5) is 0 Å². The van der Waals surface area contributed by atoms with E-state index in [0.717, 1.165) is 21.5 Å². The van der Waals surface area contributed by atoms with Gasteiger partial charge in [-0.25, -0.2) is 4.79 Å². The molecule has 0 aromatic carbocycles. The zero-order valence-corrected chi connectivity index (χ0v) is 13.5. The van der Waals surface area contributed by atoms with Crippen molar-refractivity contribution in [2.45, 2.75) is 18.9 Å². The number of carboxylic acids is 2. The van der Waals surface area contributed by atoms with E-state index in [4.69, 9.17) is 17.3 Å². The van der Waals surface area contributed by atoms with E-state index in [1.165, 1.54) is 11.3 Å². The second kappa shape index (κ2) is 7.03. The number of amides is 1. The first-order valence-electron chi connectivity index (χ1n) is 6.15. The molecule has 1 aliphatic rings. The molecule has 1 aromatic rings. The smallest absolute Gasteiger partial charge is 0.326 e. The highest BCUT2D eigenvalue weighted by Crippen LogP contribution is 2.35. The van der Waals surface area contributed by atoms with Gasteiger partial charge in [0.15, 0.2) is 0 Å². The number of thiocarbonyl (C=S) groups is 1. The fourth-order valence-electron chi connectivity index (χ4n) is 1.87. The van der Waals surface area contributed by atoms with Crippen molar-refractivity contribution < 1.29 is 24.6 Å². The Labute approximate surface area is 139 Å². The summed E-state index contributed by atoms with van der Waals surface area (Å²) < 4.78 is 0.130. The predicted molar refractivity (Wildman–Crippen MR) is 87.6 cm³/mol. The molecule has 2 N–H and O–H groups in total. The number of thiophene rings is 1. The molecule has 1 atom stereocenters. The SMILES string of the molecule is O=C(O)CCC(C(=O)O)N1C(=O)C(=Cc2cccs2)SC1=S. The molecule has 2 rings (SSSR count). The van der Waals surface area contributed by atoms with Gasteiger partial charge in [-0.1, -0.05) is 30.0 Å². The van der Waals surface area contributed by atoms with E-state index in [9.17, 15) is 19.5 Å². The van der Waals surface area contributed by atoms with Gasteiger partial charge < -0.3 is 10.2 Å². The first-order chi connectivity index (χ1) is 10.4. The van der Waals surface area contributed by atoms with Crippen LogP contribution in [0.25, 0.3) is 6.08 Å². The molecule has 9 heteroatoms. The second-order valence-electron chi connectivity index (χ2n) is 4.35. The van der Waals surface area contributed by atoms with Crippen molar-refractivity contribution in [2.24, 2.45) is 0 Å². The number of thioether (sulfide) groups is 1. The largest absolute Gasteiger partial charge is 0.481 e. The van der Waals surface area contributed by atoms with Crippen LogP contribution in [0.15, 0.2) is 22.4 Å². The van der Waals surface area contributed by atoms with Gasteiger partial charge in [-0.2, -0.15) is 0 Å². The lowest BCUT2D eigenvalue weighted by Crippen LogP contribution is -2.44. The maximum atomic E-state index is 12.4. The fourth-order valence-corrected chi connectivity index (χ4v) is 3.95. The Hall–Kier alpha value is -1.71. The quantitative estimate of drug-likeness (QED) is 0.595. The van der Waals surface area contributed by atoms with Gasteiger partial charge >= 0.3 is 11.9 Å². The molecular weight excluding hydrogens is 346 g/mol.